The highest BCUT2D eigenvalue weighted by molar-refractivity contribution is 5.85. The van der Waals surface area contributed by atoms with Crippen LogP contribution < -0.4 is 5.32 Å². The minimum Gasteiger partial charge on any atom is -0.316 e. The Morgan fingerprint density at radius 3 is 2.48 bits per heavy atom. The Labute approximate surface area is 131 Å². The molecule has 1 N–H and O–H groups in total. The number of hydrogen-bond acceptors (Lipinski definition) is 3. The van der Waals surface area contributed by atoms with Crippen LogP contribution in [0, 0.1) is 11.8 Å². The first-order valence-electron chi connectivity index (χ1n) is 7.41. The van der Waals surface area contributed by atoms with E-state index in [4.69, 9.17) is 0 Å². The molecular formula is C16H21ClN4. The van der Waals surface area contributed by atoms with Gasteiger partial charge in [0.1, 0.15) is 0 Å². The van der Waals surface area contributed by atoms with Gasteiger partial charge in [0.15, 0.2) is 0 Å². The Hall–Kier alpha value is -1.36. The summed E-state index contributed by atoms with van der Waals surface area (Å²) in [4.78, 5) is 2.58. The van der Waals surface area contributed by atoms with Crippen LogP contribution in [0.3, 0.4) is 0 Å². The molecule has 0 amide bonds. The lowest BCUT2D eigenvalue weighted by molar-refractivity contribution is 0.299. The molecule has 5 heteroatoms. The van der Waals surface area contributed by atoms with E-state index in [-0.39, 0.29) is 12.4 Å². The van der Waals surface area contributed by atoms with Gasteiger partial charge in [-0.2, -0.15) is 5.10 Å². The lowest BCUT2D eigenvalue weighted by atomic mass is 10.0. The van der Waals surface area contributed by atoms with Gasteiger partial charge in [-0.25, -0.2) is 4.68 Å². The van der Waals surface area contributed by atoms with Gasteiger partial charge in [0.25, 0.3) is 0 Å². The molecule has 2 atom stereocenters. The molecule has 2 aromatic rings. The highest BCUT2D eigenvalue weighted by atomic mass is 35.5. The van der Waals surface area contributed by atoms with Gasteiger partial charge in [0, 0.05) is 25.8 Å². The molecule has 21 heavy (non-hydrogen) atoms. The average Bonchev–Trinajstić information content (AvgIpc) is 3.15. The van der Waals surface area contributed by atoms with Crippen molar-refractivity contribution >= 4 is 12.4 Å². The van der Waals surface area contributed by atoms with Crippen molar-refractivity contribution in [2.45, 2.75) is 6.54 Å². The smallest absolute Gasteiger partial charge is 0.0649 e. The first-order chi connectivity index (χ1) is 9.90. The van der Waals surface area contributed by atoms with E-state index in [2.05, 4.69) is 50.3 Å². The van der Waals surface area contributed by atoms with E-state index in [9.17, 15) is 0 Å². The normalized spacial score (nSPS) is 24.8. The van der Waals surface area contributed by atoms with Gasteiger partial charge in [-0.15, -0.1) is 12.4 Å². The Kier molecular flexibility index (Phi) is 4.29. The highest BCUT2D eigenvalue weighted by Gasteiger charge is 2.36. The Morgan fingerprint density at radius 2 is 1.76 bits per heavy atom. The molecule has 0 aliphatic carbocycles. The standard InChI is InChI=1S/C16H20N4.ClH/c1-2-4-15(5-3-1)20-16(6-7-18-20)12-19-10-13-8-17-9-14(13)11-19;/h1-7,13-14,17H,8-12H2;1H/t13-,14+;. The monoisotopic (exact) mass is 304 g/mol. The van der Waals surface area contributed by atoms with Crippen LogP contribution >= 0.6 is 12.4 Å². The Morgan fingerprint density at radius 1 is 1.05 bits per heavy atom. The van der Waals surface area contributed by atoms with Gasteiger partial charge in [0.05, 0.1) is 11.4 Å². The van der Waals surface area contributed by atoms with Crippen LogP contribution in [0.4, 0.5) is 0 Å². The van der Waals surface area contributed by atoms with Crippen LogP contribution in [0.2, 0.25) is 0 Å². The van der Waals surface area contributed by atoms with Crippen LogP contribution in [-0.4, -0.2) is 40.9 Å². The fraction of sp³-hybridized carbons (Fsp3) is 0.438. The third-order valence-electron chi connectivity index (χ3n) is 4.57. The zero-order chi connectivity index (χ0) is 13.4. The van der Waals surface area contributed by atoms with Crippen LogP contribution in [-0.2, 0) is 6.54 Å². The Bertz CT molecular complexity index is 571. The van der Waals surface area contributed by atoms with E-state index < -0.39 is 0 Å². The summed E-state index contributed by atoms with van der Waals surface area (Å²) < 4.78 is 2.06. The minimum absolute atomic E-state index is 0. The topological polar surface area (TPSA) is 33.1 Å². The van der Waals surface area contributed by atoms with Crippen molar-refractivity contribution in [3.63, 3.8) is 0 Å². The highest BCUT2D eigenvalue weighted by Crippen LogP contribution is 2.27. The first-order valence-corrected chi connectivity index (χ1v) is 7.41. The number of nitrogens with one attached hydrogen (secondary N) is 1. The first kappa shape index (κ1) is 14.6. The molecule has 0 unspecified atom stereocenters. The molecule has 1 aromatic carbocycles. The fourth-order valence-corrected chi connectivity index (χ4v) is 3.56. The van der Waals surface area contributed by atoms with Crippen molar-refractivity contribution in [1.82, 2.24) is 20.0 Å². The van der Waals surface area contributed by atoms with Crippen molar-refractivity contribution < 1.29 is 0 Å². The molecule has 4 rings (SSSR count). The van der Waals surface area contributed by atoms with Crippen molar-refractivity contribution in [2.24, 2.45) is 11.8 Å². The number of nitrogens with zero attached hydrogens (tertiary/aromatic N) is 3. The molecule has 2 fully saturated rings. The van der Waals surface area contributed by atoms with Crippen molar-refractivity contribution in [1.29, 1.82) is 0 Å². The van der Waals surface area contributed by atoms with Gasteiger partial charge in [-0.3, -0.25) is 4.90 Å². The van der Waals surface area contributed by atoms with Crippen molar-refractivity contribution in [2.75, 3.05) is 26.2 Å². The molecule has 0 radical (unpaired) electrons. The molecule has 1 aromatic heterocycles. The van der Waals surface area contributed by atoms with Crippen LogP contribution in [0.5, 0.6) is 0 Å². The SMILES string of the molecule is Cl.c1ccc(-n2nccc2CN2C[C@H]3CNC[C@H]3C2)cc1. The predicted octanol–water partition coefficient (Wildman–Crippen LogP) is 1.95. The second kappa shape index (κ2) is 6.18. The molecular weight excluding hydrogens is 284 g/mol. The molecule has 4 nitrogen and oxygen atoms in total. The number of rotatable bonds is 3. The van der Waals surface area contributed by atoms with Crippen LogP contribution in [0.25, 0.3) is 5.69 Å². The van der Waals surface area contributed by atoms with E-state index in [1.807, 2.05) is 12.3 Å². The maximum absolute atomic E-state index is 4.48. The van der Waals surface area contributed by atoms with Gasteiger partial charge in [-0.1, -0.05) is 18.2 Å². The van der Waals surface area contributed by atoms with Crippen LogP contribution in [0.15, 0.2) is 42.6 Å². The van der Waals surface area contributed by atoms with E-state index in [1.54, 1.807) is 0 Å². The van der Waals surface area contributed by atoms with Crippen LogP contribution in [0.1, 0.15) is 5.69 Å². The molecule has 112 valence electrons. The second-order valence-corrected chi connectivity index (χ2v) is 5.94. The number of benzene rings is 1. The van der Waals surface area contributed by atoms with Crippen molar-refractivity contribution in [3.05, 3.63) is 48.3 Å². The van der Waals surface area contributed by atoms with E-state index in [0.29, 0.717) is 0 Å². The molecule has 0 spiro atoms. The van der Waals surface area contributed by atoms with E-state index >= 15 is 0 Å². The maximum atomic E-state index is 4.48. The largest absolute Gasteiger partial charge is 0.316 e. The lowest BCUT2D eigenvalue weighted by Crippen LogP contribution is -2.26. The molecule has 2 aliphatic rings. The maximum Gasteiger partial charge on any atom is 0.0649 e. The summed E-state index contributed by atoms with van der Waals surface area (Å²) in [6, 6.07) is 12.5. The van der Waals surface area contributed by atoms with Gasteiger partial charge >= 0.3 is 0 Å². The second-order valence-electron chi connectivity index (χ2n) is 5.94. The third kappa shape index (κ3) is 2.84. The summed E-state index contributed by atoms with van der Waals surface area (Å²) >= 11 is 0. The number of halogens is 1. The summed E-state index contributed by atoms with van der Waals surface area (Å²) in [7, 11) is 0. The van der Waals surface area contributed by atoms with Gasteiger partial charge in [0.2, 0.25) is 0 Å². The summed E-state index contributed by atoms with van der Waals surface area (Å²) in [6.45, 7) is 5.83. The minimum atomic E-state index is 0. The Balaban J connectivity index is 0.00000132. The number of para-hydroxylation sites is 1. The van der Waals surface area contributed by atoms with Crippen molar-refractivity contribution in [3.8, 4) is 5.69 Å². The third-order valence-corrected chi connectivity index (χ3v) is 4.57. The van der Waals surface area contributed by atoms with E-state index in [0.717, 1.165) is 24.1 Å². The molecule has 0 bridgehead atoms. The number of likely N-dealkylation sites (tertiary alicyclic amines) is 1. The zero-order valence-corrected chi connectivity index (χ0v) is 12.8. The zero-order valence-electron chi connectivity index (χ0n) is 12.0. The van der Waals surface area contributed by atoms with Gasteiger partial charge in [-0.05, 0) is 43.1 Å². The number of fused-ring (bicyclic) bond motifs is 1. The molecule has 2 aliphatic heterocycles. The number of aromatic nitrogens is 2. The average molecular weight is 305 g/mol. The molecule has 0 saturated carbocycles. The summed E-state index contributed by atoms with van der Waals surface area (Å²) in [5.74, 6) is 1.70. The summed E-state index contributed by atoms with van der Waals surface area (Å²) in [6.07, 6.45) is 1.90. The summed E-state index contributed by atoms with van der Waals surface area (Å²) in [5.41, 5.74) is 2.43. The van der Waals surface area contributed by atoms with Gasteiger partial charge < -0.3 is 5.32 Å². The lowest BCUT2D eigenvalue weighted by Gasteiger charge is -2.17. The predicted molar refractivity (Wildman–Crippen MR) is 85.9 cm³/mol. The fourth-order valence-electron chi connectivity index (χ4n) is 3.56. The number of hydrogen-bond donors (Lipinski definition) is 1. The quantitative estimate of drug-likeness (QED) is 0.941. The summed E-state index contributed by atoms with van der Waals surface area (Å²) in [5, 5.41) is 7.98. The molecule has 3 heterocycles. The van der Waals surface area contributed by atoms with E-state index in [1.165, 1.54) is 31.9 Å². The molecule has 2 saturated heterocycles.